The average Bonchev–Trinajstić information content (AvgIpc) is 2.99. The number of benzene rings is 2. The number of carboxylic acid groups (broad SMARTS) is 1. The minimum absolute atomic E-state index is 0.309. The van der Waals surface area contributed by atoms with E-state index >= 15 is 0 Å². The van der Waals surface area contributed by atoms with E-state index in [-0.39, 0.29) is 5.91 Å². The first-order valence-electron chi connectivity index (χ1n) is 8.38. The quantitative estimate of drug-likeness (QED) is 0.526. The van der Waals surface area contributed by atoms with E-state index in [2.05, 4.69) is 0 Å². The maximum atomic E-state index is 13.0. The van der Waals surface area contributed by atoms with Crippen molar-refractivity contribution in [1.29, 1.82) is 0 Å². The molecular formula is C20H17NO6S2. The summed E-state index contributed by atoms with van der Waals surface area (Å²) in [5.74, 6) is 0.0135. The minimum Gasteiger partial charge on any atom is -0.497 e. The highest BCUT2D eigenvalue weighted by atomic mass is 32.2. The molecule has 1 heterocycles. The molecule has 150 valence electrons. The molecule has 9 heteroatoms. The number of nitrogens with zero attached hydrogens (tertiary/aromatic N) is 1. The van der Waals surface area contributed by atoms with Crippen LogP contribution in [0.4, 0.5) is 5.69 Å². The first kappa shape index (κ1) is 20.7. The number of ether oxygens (including phenoxy) is 3. The van der Waals surface area contributed by atoms with Crippen LogP contribution in [-0.4, -0.2) is 42.1 Å². The molecular weight excluding hydrogens is 414 g/mol. The number of methoxy groups -OCH3 is 2. The van der Waals surface area contributed by atoms with E-state index in [0.29, 0.717) is 37.7 Å². The Labute approximate surface area is 176 Å². The number of thioether (sulfide) groups is 1. The molecule has 7 nitrogen and oxygen atoms in total. The molecule has 1 N–H and O–H groups in total. The van der Waals surface area contributed by atoms with Crippen LogP contribution in [-0.2, 0) is 9.59 Å². The van der Waals surface area contributed by atoms with Crippen molar-refractivity contribution in [2.75, 3.05) is 25.7 Å². The van der Waals surface area contributed by atoms with Crippen LogP contribution in [0.3, 0.4) is 0 Å². The van der Waals surface area contributed by atoms with E-state index in [9.17, 15) is 9.59 Å². The van der Waals surface area contributed by atoms with Gasteiger partial charge in [-0.1, -0.05) is 42.2 Å². The molecule has 0 atom stereocenters. The van der Waals surface area contributed by atoms with Crippen LogP contribution in [0.25, 0.3) is 6.08 Å². The molecule has 29 heavy (non-hydrogen) atoms. The monoisotopic (exact) mass is 431 g/mol. The Morgan fingerprint density at radius 3 is 2.62 bits per heavy atom. The predicted octanol–water partition coefficient (Wildman–Crippen LogP) is 3.57. The molecule has 0 radical (unpaired) electrons. The van der Waals surface area contributed by atoms with Crippen molar-refractivity contribution in [2.45, 2.75) is 0 Å². The minimum atomic E-state index is -1.09. The van der Waals surface area contributed by atoms with E-state index in [4.69, 9.17) is 31.5 Å². The third-order valence-corrected chi connectivity index (χ3v) is 5.28. The first-order chi connectivity index (χ1) is 13.9. The number of carbonyl (C=O) groups is 2. The molecule has 1 amide bonds. The number of hydrogen-bond acceptors (Lipinski definition) is 7. The summed E-state index contributed by atoms with van der Waals surface area (Å²) in [6, 6.07) is 12.0. The Kier molecular flexibility index (Phi) is 6.40. The van der Waals surface area contributed by atoms with Crippen molar-refractivity contribution < 1.29 is 28.9 Å². The van der Waals surface area contributed by atoms with E-state index in [0.717, 1.165) is 11.8 Å². The lowest BCUT2D eigenvalue weighted by Gasteiger charge is -2.18. The topological polar surface area (TPSA) is 85.3 Å². The smallest absolute Gasteiger partial charge is 0.341 e. The fourth-order valence-corrected chi connectivity index (χ4v) is 3.93. The summed E-state index contributed by atoms with van der Waals surface area (Å²) in [5.41, 5.74) is 1.09. The summed E-state index contributed by atoms with van der Waals surface area (Å²) in [6.07, 6.45) is 1.63. The Morgan fingerprint density at radius 1 is 1.17 bits per heavy atom. The van der Waals surface area contributed by atoms with Gasteiger partial charge < -0.3 is 19.3 Å². The fraction of sp³-hybridized carbons (Fsp3) is 0.150. The van der Waals surface area contributed by atoms with Gasteiger partial charge in [0.15, 0.2) is 10.9 Å². The number of amides is 1. The third kappa shape index (κ3) is 4.52. The van der Waals surface area contributed by atoms with Gasteiger partial charge in [-0.2, -0.15) is 0 Å². The molecule has 2 aromatic carbocycles. The van der Waals surface area contributed by atoms with Gasteiger partial charge in [0.1, 0.15) is 17.2 Å². The summed E-state index contributed by atoms with van der Waals surface area (Å²) in [7, 11) is 3.04. The van der Waals surface area contributed by atoms with Crippen molar-refractivity contribution in [3.05, 3.63) is 52.9 Å². The summed E-state index contributed by atoms with van der Waals surface area (Å²) in [5, 5.41) is 8.83. The van der Waals surface area contributed by atoms with Crippen LogP contribution in [0, 0.1) is 0 Å². The van der Waals surface area contributed by atoms with Gasteiger partial charge in [0.25, 0.3) is 5.91 Å². The number of carboxylic acids is 1. The molecule has 1 saturated heterocycles. The number of rotatable bonds is 7. The molecule has 0 aliphatic carbocycles. The zero-order chi connectivity index (χ0) is 21.0. The van der Waals surface area contributed by atoms with E-state index < -0.39 is 12.6 Å². The number of anilines is 1. The van der Waals surface area contributed by atoms with Crippen LogP contribution in [0.15, 0.2) is 47.4 Å². The Morgan fingerprint density at radius 2 is 1.93 bits per heavy atom. The largest absolute Gasteiger partial charge is 0.497 e. The molecule has 0 aromatic heterocycles. The Bertz CT molecular complexity index is 1000. The molecule has 1 aliphatic heterocycles. The number of aliphatic carboxylic acids is 1. The lowest BCUT2D eigenvalue weighted by Crippen LogP contribution is -2.27. The molecule has 1 fully saturated rings. The summed E-state index contributed by atoms with van der Waals surface area (Å²) >= 11 is 6.56. The second-order valence-corrected chi connectivity index (χ2v) is 7.45. The van der Waals surface area contributed by atoms with Crippen LogP contribution < -0.4 is 19.1 Å². The zero-order valence-corrected chi connectivity index (χ0v) is 17.2. The lowest BCUT2D eigenvalue weighted by atomic mass is 10.2. The zero-order valence-electron chi connectivity index (χ0n) is 15.6. The first-order valence-corrected chi connectivity index (χ1v) is 9.60. The van der Waals surface area contributed by atoms with Crippen molar-refractivity contribution >= 4 is 51.9 Å². The molecule has 2 aromatic rings. The summed E-state index contributed by atoms with van der Waals surface area (Å²) < 4.78 is 16.2. The van der Waals surface area contributed by atoms with Crippen molar-refractivity contribution in [1.82, 2.24) is 0 Å². The Balaban J connectivity index is 1.93. The lowest BCUT2D eigenvalue weighted by molar-refractivity contribution is -0.139. The van der Waals surface area contributed by atoms with Crippen LogP contribution in [0.5, 0.6) is 17.2 Å². The standard InChI is InChI=1S/C20H17NO6S2/c1-25-13-7-8-14(16(10-13)26-2)21-19(24)17(29-20(21)28)9-12-5-3-4-6-15(12)27-11-18(22)23/h3-10H,11H2,1-2H3,(H,22,23)/b17-9+. The van der Waals surface area contributed by atoms with Gasteiger partial charge in [0.2, 0.25) is 0 Å². The highest BCUT2D eigenvalue weighted by molar-refractivity contribution is 8.27. The SMILES string of the molecule is COc1ccc(N2C(=O)/C(=C\c3ccccc3OCC(=O)O)SC2=S)c(OC)c1. The number of para-hydroxylation sites is 1. The van der Waals surface area contributed by atoms with E-state index in [1.807, 2.05) is 0 Å². The summed E-state index contributed by atoms with van der Waals surface area (Å²) in [4.78, 5) is 25.6. The van der Waals surface area contributed by atoms with Gasteiger partial charge in [-0.25, -0.2) is 4.79 Å². The van der Waals surface area contributed by atoms with Gasteiger partial charge in [-0.15, -0.1) is 0 Å². The normalized spacial score (nSPS) is 15.0. The van der Waals surface area contributed by atoms with Crippen LogP contribution >= 0.6 is 24.0 Å². The maximum absolute atomic E-state index is 13.0. The second kappa shape index (κ2) is 8.97. The molecule has 1 aliphatic rings. The summed E-state index contributed by atoms with van der Waals surface area (Å²) in [6.45, 7) is -0.477. The predicted molar refractivity (Wildman–Crippen MR) is 115 cm³/mol. The maximum Gasteiger partial charge on any atom is 0.341 e. The number of thiocarbonyl (C=S) groups is 1. The molecule has 0 spiro atoms. The highest BCUT2D eigenvalue weighted by Gasteiger charge is 2.35. The molecule has 0 saturated carbocycles. The number of hydrogen-bond donors (Lipinski definition) is 1. The number of carbonyl (C=O) groups excluding carboxylic acids is 1. The Hall–Kier alpha value is -3.04. The van der Waals surface area contributed by atoms with Crippen LogP contribution in [0.2, 0.25) is 0 Å². The van der Waals surface area contributed by atoms with Gasteiger partial charge in [-0.05, 0) is 24.3 Å². The van der Waals surface area contributed by atoms with Gasteiger partial charge in [0.05, 0.1) is 24.8 Å². The van der Waals surface area contributed by atoms with Crippen molar-refractivity contribution in [3.63, 3.8) is 0 Å². The van der Waals surface area contributed by atoms with Crippen LogP contribution in [0.1, 0.15) is 5.56 Å². The van der Waals surface area contributed by atoms with E-state index in [1.165, 1.54) is 12.0 Å². The van der Waals surface area contributed by atoms with Crippen molar-refractivity contribution in [2.24, 2.45) is 0 Å². The molecule has 0 unspecified atom stereocenters. The highest BCUT2D eigenvalue weighted by Crippen LogP contribution is 2.41. The second-order valence-electron chi connectivity index (χ2n) is 5.78. The average molecular weight is 431 g/mol. The molecule has 3 rings (SSSR count). The van der Waals surface area contributed by atoms with Gasteiger partial charge >= 0.3 is 5.97 Å². The van der Waals surface area contributed by atoms with Crippen molar-refractivity contribution in [3.8, 4) is 17.2 Å². The van der Waals surface area contributed by atoms with Gasteiger partial charge in [-0.3, -0.25) is 9.69 Å². The van der Waals surface area contributed by atoms with Gasteiger partial charge in [0, 0.05) is 11.6 Å². The fourth-order valence-electron chi connectivity index (χ4n) is 2.66. The van der Waals surface area contributed by atoms with E-state index in [1.54, 1.807) is 55.7 Å². The third-order valence-electron chi connectivity index (χ3n) is 3.98. The molecule has 0 bridgehead atoms.